The zero-order valence-corrected chi connectivity index (χ0v) is 31.2. The number of hydrogen-bond donors (Lipinski definition) is 3. The van der Waals surface area contributed by atoms with Gasteiger partial charge in [0.1, 0.15) is 0 Å². The quantitative estimate of drug-likeness (QED) is 0.0418. The van der Waals surface area contributed by atoms with Gasteiger partial charge in [-0.2, -0.15) is 0 Å². The number of rotatable bonds is 29. The monoisotopic (exact) mass is 677 g/mol. The topological polar surface area (TPSA) is 77.8 Å². The van der Waals surface area contributed by atoms with E-state index < -0.39 is 18.0 Å². The first kappa shape index (κ1) is 42.1. The van der Waals surface area contributed by atoms with Gasteiger partial charge in [0.15, 0.2) is 0 Å². The molecule has 2 saturated carbocycles. The molecule has 0 aromatic heterocycles. The molecule has 2 rings (SSSR count). The van der Waals surface area contributed by atoms with Gasteiger partial charge in [-0.15, -0.1) is 11.6 Å². The second-order valence-electron chi connectivity index (χ2n) is 15.1. The van der Waals surface area contributed by atoms with Crippen LogP contribution in [0.15, 0.2) is 36.5 Å². The Bertz CT molecular complexity index is 872. The van der Waals surface area contributed by atoms with E-state index in [0.717, 1.165) is 38.5 Å². The van der Waals surface area contributed by atoms with Crippen molar-refractivity contribution in [3.63, 3.8) is 0 Å². The summed E-state index contributed by atoms with van der Waals surface area (Å²) in [5, 5.41) is 31.0. The molecule has 6 atom stereocenters. The fraction of sp³-hybridized carbons (Fsp3) is 0.833. The van der Waals surface area contributed by atoms with E-state index in [4.69, 9.17) is 11.6 Å². The van der Waals surface area contributed by atoms with Crippen LogP contribution in [0.4, 0.5) is 0 Å². The van der Waals surface area contributed by atoms with E-state index in [-0.39, 0.29) is 28.7 Å². The van der Waals surface area contributed by atoms with Crippen LogP contribution >= 0.6 is 11.6 Å². The molecule has 0 heterocycles. The summed E-state index contributed by atoms with van der Waals surface area (Å²) in [4.78, 5) is 11.8. The lowest BCUT2D eigenvalue weighted by atomic mass is 9.63. The van der Waals surface area contributed by atoms with E-state index in [1.807, 2.05) is 6.08 Å². The van der Waals surface area contributed by atoms with Crippen molar-refractivity contribution in [3.05, 3.63) is 36.5 Å². The molecule has 0 radical (unpaired) electrons. The van der Waals surface area contributed by atoms with Gasteiger partial charge in [0.2, 0.25) is 0 Å². The lowest BCUT2D eigenvalue weighted by molar-refractivity contribution is -0.140. The van der Waals surface area contributed by atoms with E-state index in [1.54, 1.807) is 0 Å². The van der Waals surface area contributed by atoms with E-state index >= 15 is 0 Å². The van der Waals surface area contributed by atoms with Gasteiger partial charge in [-0.3, -0.25) is 4.79 Å². The van der Waals surface area contributed by atoms with Gasteiger partial charge in [0, 0.05) is 11.3 Å². The number of aliphatic hydroxyl groups is 2. The van der Waals surface area contributed by atoms with Crippen molar-refractivity contribution in [2.75, 3.05) is 0 Å². The molecule has 1 unspecified atom stereocenters. The normalized spacial score (nSPS) is 24.0. The number of carboxylic acids is 1. The number of hydrogen-bond acceptors (Lipinski definition) is 3. The highest BCUT2D eigenvalue weighted by Crippen LogP contribution is 2.48. The van der Waals surface area contributed by atoms with Gasteiger partial charge < -0.3 is 15.3 Å². The molecule has 3 N–H and O–H groups in total. The number of allylic oxidation sites excluding steroid dienone is 3. The zero-order valence-electron chi connectivity index (χ0n) is 30.4. The van der Waals surface area contributed by atoms with Crippen LogP contribution in [0.5, 0.6) is 0 Å². The first-order chi connectivity index (χ1) is 22.8. The Morgan fingerprint density at radius 2 is 1.38 bits per heavy atom. The molecule has 0 amide bonds. The Morgan fingerprint density at radius 1 is 0.809 bits per heavy atom. The Kier molecular flexibility index (Phi) is 23.1. The third kappa shape index (κ3) is 16.9. The molecular formula is C42H73ClO4. The standard InChI is InChI=1S/C42H73ClO4/c1-3-5-6-7-8-9-10-11-12-13-14-15-16-17-18-19-20-22-27-35(41(46)47)28-23-21-24-29-36-37(39(44)34-38(36)43)30-25-31-40(45)42(4-2)32-26-33-42/h21-22,24-25,27,30,35-40,44-45H,3-20,23,26,28-29,31-34H2,1-2H3,(H,46,47)/b24-21-,27-22+,30-25+/t35?,36-,37-,38-,39-,40+/m1/s1. The van der Waals surface area contributed by atoms with Gasteiger partial charge in [-0.05, 0) is 75.5 Å². The molecule has 0 saturated heterocycles. The number of aliphatic hydroxyl groups excluding tert-OH is 2. The number of carbonyl (C=O) groups is 1. The van der Waals surface area contributed by atoms with Crippen molar-refractivity contribution in [3.8, 4) is 0 Å². The van der Waals surface area contributed by atoms with Crippen LogP contribution in [0.3, 0.4) is 0 Å². The van der Waals surface area contributed by atoms with Gasteiger partial charge in [0.25, 0.3) is 0 Å². The Labute approximate surface area is 294 Å². The maximum atomic E-state index is 11.8. The van der Waals surface area contributed by atoms with Crippen LogP contribution in [0.1, 0.15) is 181 Å². The summed E-state index contributed by atoms with van der Waals surface area (Å²) < 4.78 is 0. The molecule has 2 fully saturated rings. The summed E-state index contributed by atoms with van der Waals surface area (Å²) in [5.41, 5.74) is 0.0876. The molecule has 2 aliphatic carbocycles. The average Bonchev–Trinajstić information content (AvgIpc) is 3.29. The lowest BCUT2D eigenvalue weighted by Crippen LogP contribution is -2.40. The van der Waals surface area contributed by atoms with Crippen LogP contribution in [0, 0.1) is 23.2 Å². The van der Waals surface area contributed by atoms with Crippen molar-refractivity contribution in [2.45, 2.75) is 198 Å². The van der Waals surface area contributed by atoms with Gasteiger partial charge >= 0.3 is 5.97 Å². The third-order valence-electron chi connectivity index (χ3n) is 11.5. The molecule has 0 bridgehead atoms. The minimum Gasteiger partial charge on any atom is -0.481 e. The molecular weight excluding hydrogens is 604 g/mol. The van der Waals surface area contributed by atoms with Gasteiger partial charge in [0.05, 0.1) is 18.1 Å². The minimum atomic E-state index is -0.750. The van der Waals surface area contributed by atoms with Crippen LogP contribution in [0.25, 0.3) is 0 Å². The Morgan fingerprint density at radius 3 is 1.89 bits per heavy atom. The van der Waals surface area contributed by atoms with E-state index in [1.165, 1.54) is 103 Å². The zero-order chi connectivity index (χ0) is 34.2. The van der Waals surface area contributed by atoms with E-state index in [0.29, 0.717) is 25.7 Å². The summed E-state index contributed by atoms with van der Waals surface area (Å²) >= 11 is 6.64. The summed E-state index contributed by atoms with van der Waals surface area (Å²) in [5.74, 6) is -1.05. The van der Waals surface area contributed by atoms with Crippen molar-refractivity contribution >= 4 is 17.6 Å². The maximum Gasteiger partial charge on any atom is 0.310 e. The van der Waals surface area contributed by atoms with E-state index in [2.05, 4.69) is 44.2 Å². The molecule has 0 aromatic rings. The molecule has 0 aromatic carbocycles. The van der Waals surface area contributed by atoms with Crippen LogP contribution in [0.2, 0.25) is 0 Å². The molecule has 47 heavy (non-hydrogen) atoms. The number of alkyl halides is 1. The SMILES string of the molecule is CCCCCCCCCCCCCCCCCC/C=C/C(CC/C=C\C[C@@H]1[C@@H](/C=C/C[C@H](O)C2(CC)CCC2)[C@H](O)C[C@H]1Cl)C(=O)O. The minimum absolute atomic E-state index is 0.00689. The number of unbranched alkanes of at least 4 members (excludes halogenated alkanes) is 16. The molecule has 5 heteroatoms. The predicted octanol–water partition coefficient (Wildman–Crippen LogP) is 12.1. The highest BCUT2D eigenvalue weighted by atomic mass is 35.5. The molecule has 272 valence electrons. The van der Waals surface area contributed by atoms with Crippen LogP contribution in [-0.4, -0.2) is 38.9 Å². The molecule has 0 aliphatic heterocycles. The first-order valence-corrected chi connectivity index (χ1v) is 20.5. The second kappa shape index (κ2) is 25.8. The highest BCUT2D eigenvalue weighted by Gasteiger charge is 2.42. The average molecular weight is 677 g/mol. The molecule has 4 nitrogen and oxygen atoms in total. The van der Waals surface area contributed by atoms with Crippen LogP contribution in [-0.2, 0) is 4.79 Å². The van der Waals surface area contributed by atoms with Crippen molar-refractivity contribution in [2.24, 2.45) is 23.2 Å². The largest absolute Gasteiger partial charge is 0.481 e. The highest BCUT2D eigenvalue weighted by molar-refractivity contribution is 6.21. The van der Waals surface area contributed by atoms with E-state index in [9.17, 15) is 20.1 Å². The summed E-state index contributed by atoms with van der Waals surface area (Å²) in [6.07, 6.45) is 42.1. The second-order valence-corrected chi connectivity index (χ2v) is 15.6. The summed E-state index contributed by atoms with van der Waals surface area (Å²) in [6.45, 7) is 4.45. The predicted molar refractivity (Wildman–Crippen MR) is 201 cm³/mol. The van der Waals surface area contributed by atoms with Crippen LogP contribution < -0.4 is 0 Å². The number of aliphatic carboxylic acids is 1. The molecule has 2 aliphatic rings. The number of carboxylic acid groups (broad SMARTS) is 1. The first-order valence-electron chi connectivity index (χ1n) is 20.1. The smallest absolute Gasteiger partial charge is 0.310 e. The lowest BCUT2D eigenvalue weighted by Gasteiger charge is -2.45. The third-order valence-corrected chi connectivity index (χ3v) is 12.0. The Hall–Kier alpha value is -1.10. The molecule has 0 spiro atoms. The van der Waals surface area contributed by atoms with Crippen molar-refractivity contribution < 1.29 is 20.1 Å². The Balaban J connectivity index is 1.53. The van der Waals surface area contributed by atoms with Crippen molar-refractivity contribution in [1.82, 2.24) is 0 Å². The fourth-order valence-electron chi connectivity index (χ4n) is 7.85. The summed E-state index contributed by atoms with van der Waals surface area (Å²) in [6, 6.07) is 0. The van der Waals surface area contributed by atoms with Gasteiger partial charge in [-0.1, -0.05) is 153 Å². The van der Waals surface area contributed by atoms with Crippen molar-refractivity contribution in [1.29, 1.82) is 0 Å². The maximum absolute atomic E-state index is 11.8. The summed E-state index contributed by atoms with van der Waals surface area (Å²) in [7, 11) is 0. The number of halogens is 1. The fourth-order valence-corrected chi connectivity index (χ4v) is 8.31. The van der Waals surface area contributed by atoms with Gasteiger partial charge in [-0.25, -0.2) is 0 Å².